The predicted molar refractivity (Wildman–Crippen MR) is 142 cm³/mol. The van der Waals surface area contributed by atoms with Gasteiger partial charge in [0, 0.05) is 42.0 Å². The van der Waals surface area contributed by atoms with Gasteiger partial charge < -0.3 is 24.4 Å². The SMILES string of the molecule is COc1nc(Cl)cc2c1C1(O)C(O)C(CN3CCOCC3)C(c3ccccc3)C1(c1ccc(Br)cc1)O2. The van der Waals surface area contributed by atoms with Crippen LogP contribution in [0.4, 0.5) is 0 Å². The average molecular weight is 588 g/mol. The fourth-order valence-corrected chi connectivity index (χ4v) is 6.97. The van der Waals surface area contributed by atoms with Gasteiger partial charge in [0.05, 0.1) is 32.0 Å². The first-order valence-electron chi connectivity index (χ1n) is 12.4. The van der Waals surface area contributed by atoms with Crippen LogP contribution in [0, 0.1) is 5.92 Å². The van der Waals surface area contributed by atoms with Crippen molar-refractivity contribution in [3.05, 3.63) is 87.0 Å². The van der Waals surface area contributed by atoms with Crippen molar-refractivity contribution in [2.75, 3.05) is 40.0 Å². The highest BCUT2D eigenvalue weighted by atomic mass is 79.9. The van der Waals surface area contributed by atoms with E-state index in [1.54, 1.807) is 6.07 Å². The van der Waals surface area contributed by atoms with Gasteiger partial charge in [-0.1, -0.05) is 70.0 Å². The Morgan fingerprint density at radius 2 is 1.84 bits per heavy atom. The van der Waals surface area contributed by atoms with Crippen LogP contribution in [0.1, 0.15) is 22.6 Å². The molecule has 7 nitrogen and oxygen atoms in total. The number of rotatable bonds is 5. The molecule has 9 heteroatoms. The number of aliphatic hydroxyl groups excluding tert-OH is 1. The number of fused-ring (bicyclic) bond motifs is 3. The van der Waals surface area contributed by atoms with Crippen LogP contribution in [0.2, 0.25) is 5.15 Å². The Kier molecular flexibility index (Phi) is 6.46. The van der Waals surface area contributed by atoms with Gasteiger partial charge in [-0.2, -0.15) is 0 Å². The third-order valence-electron chi connectivity index (χ3n) is 8.03. The fourth-order valence-electron chi connectivity index (χ4n) is 6.53. The van der Waals surface area contributed by atoms with Crippen LogP contribution in [0.15, 0.2) is 65.1 Å². The molecule has 0 radical (unpaired) electrons. The van der Waals surface area contributed by atoms with Crippen LogP contribution < -0.4 is 9.47 Å². The molecule has 2 fully saturated rings. The molecule has 1 saturated heterocycles. The molecule has 3 aromatic rings. The number of methoxy groups -OCH3 is 1. The van der Waals surface area contributed by atoms with E-state index in [4.69, 9.17) is 25.8 Å². The minimum Gasteiger partial charge on any atom is -0.481 e. The highest BCUT2D eigenvalue weighted by Gasteiger charge is 2.77. The minimum atomic E-state index is -1.86. The van der Waals surface area contributed by atoms with Crippen LogP contribution in [-0.2, 0) is 15.9 Å². The van der Waals surface area contributed by atoms with Gasteiger partial charge in [-0.15, -0.1) is 0 Å². The summed E-state index contributed by atoms with van der Waals surface area (Å²) in [5, 5.41) is 25.2. The van der Waals surface area contributed by atoms with E-state index >= 15 is 0 Å². The lowest BCUT2D eigenvalue weighted by Crippen LogP contribution is -2.52. The van der Waals surface area contributed by atoms with Crippen molar-refractivity contribution in [2.45, 2.75) is 23.2 Å². The number of aromatic nitrogens is 1. The number of halogens is 2. The van der Waals surface area contributed by atoms with Gasteiger partial charge in [0.15, 0.2) is 11.2 Å². The summed E-state index contributed by atoms with van der Waals surface area (Å²) < 4.78 is 18.9. The highest BCUT2D eigenvalue weighted by molar-refractivity contribution is 9.10. The van der Waals surface area contributed by atoms with E-state index in [2.05, 4.69) is 25.8 Å². The fraction of sp³-hybridized carbons (Fsp3) is 0.393. The normalized spacial score (nSPS) is 31.0. The largest absolute Gasteiger partial charge is 0.481 e. The standard InChI is InChI=1S/C28H28BrClN2O5/c1-35-26-24-21(15-22(30)31-26)37-28(18-7-9-19(29)10-8-18)23(17-5-3-2-4-6-17)20(25(33)27(24,28)34)16-32-11-13-36-14-12-32/h2-10,15,20,23,25,33-34H,11-14,16H2,1H3. The summed E-state index contributed by atoms with van der Waals surface area (Å²) in [6.45, 7) is 3.35. The molecule has 5 atom stereocenters. The molecule has 1 aromatic heterocycles. The number of ether oxygens (including phenoxy) is 3. The van der Waals surface area contributed by atoms with E-state index in [9.17, 15) is 10.2 Å². The molecule has 2 N–H and O–H groups in total. The first kappa shape index (κ1) is 25.1. The second-order valence-electron chi connectivity index (χ2n) is 9.85. The molecule has 0 spiro atoms. The zero-order valence-corrected chi connectivity index (χ0v) is 22.7. The van der Waals surface area contributed by atoms with Gasteiger partial charge in [0.1, 0.15) is 10.9 Å². The molecule has 1 saturated carbocycles. The van der Waals surface area contributed by atoms with Crippen LogP contribution in [-0.4, -0.2) is 66.2 Å². The van der Waals surface area contributed by atoms with E-state index in [0.29, 0.717) is 31.1 Å². The van der Waals surface area contributed by atoms with Crippen molar-refractivity contribution >= 4 is 27.5 Å². The molecular weight excluding hydrogens is 560 g/mol. The summed E-state index contributed by atoms with van der Waals surface area (Å²) in [5.74, 6) is -0.287. The van der Waals surface area contributed by atoms with E-state index in [1.165, 1.54) is 7.11 Å². The number of hydrogen-bond acceptors (Lipinski definition) is 7. The molecule has 0 bridgehead atoms. The number of aliphatic hydroxyl groups is 2. The average Bonchev–Trinajstić information content (AvgIpc) is 3.27. The lowest BCUT2D eigenvalue weighted by molar-refractivity contribution is -0.152. The summed E-state index contributed by atoms with van der Waals surface area (Å²) in [6, 6.07) is 19.3. The van der Waals surface area contributed by atoms with Gasteiger partial charge in [0.25, 0.3) is 0 Å². The second kappa shape index (κ2) is 9.52. The number of hydrogen-bond donors (Lipinski definition) is 2. The topological polar surface area (TPSA) is 84.3 Å². The van der Waals surface area contributed by atoms with E-state index in [1.807, 2.05) is 54.6 Å². The van der Waals surface area contributed by atoms with Crippen molar-refractivity contribution in [1.29, 1.82) is 0 Å². The summed E-state index contributed by atoms with van der Waals surface area (Å²) in [6.07, 6.45) is -1.19. The molecule has 2 aromatic carbocycles. The van der Waals surface area contributed by atoms with Crippen molar-refractivity contribution < 1.29 is 24.4 Å². The summed E-state index contributed by atoms with van der Waals surface area (Å²) in [7, 11) is 1.48. The van der Waals surface area contributed by atoms with Gasteiger partial charge in [-0.25, -0.2) is 4.98 Å². The van der Waals surface area contributed by atoms with Gasteiger partial charge in [-0.05, 0) is 23.3 Å². The smallest absolute Gasteiger partial charge is 0.224 e. The maximum Gasteiger partial charge on any atom is 0.224 e. The zero-order chi connectivity index (χ0) is 25.8. The van der Waals surface area contributed by atoms with Crippen LogP contribution >= 0.6 is 27.5 Å². The minimum absolute atomic E-state index is 0.141. The van der Waals surface area contributed by atoms with Gasteiger partial charge in [0.2, 0.25) is 5.88 Å². The summed E-state index contributed by atoms with van der Waals surface area (Å²) in [5.41, 5.74) is -1.21. The van der Waals surface area contributed by atoms with Crippen LogP contribution in [0.5, 0.6) is 11.6 Å². The molecule has 3 aliphatic rings. The van der Waals surface area contributed by atoms with Crippen molar-refractivity contribution in [3.63, 3.8) is 0 Å². The number of morpholine rings is 1. The first-order valence-corrected chi connectivity index (χ1v) is 13.5. The first-order chi connectivity index (χ1) is 17.9. The van der Waals surface area contributed by atoms with Crippen molar-refractivity contribution in [1.82, 2.24) is 9.88 Å². The summed E-state index contributed by atoms with van der Waals surface area (Å²) >= 11 is 9.86. The van der Waals surface area contributed by atoms with E-state index < -0.39 is 23.2 Å². The highest BCUT2D eigenvalue weighted by Crippen LogP contribution is 2.69. The van der Waals surface area contributed by atoms with Gasteiger partial charge in [-0.3, -0.25) is 4.90 Å². The summed E-state index contributed by atoms with van der Waals surface area (Å²) in [4.78, 5) is 6.62. The molecule has 0 amide bonds. The van der Waals surface area contributed by atoms with Crippen molar-refractivity contribution in [2.24, 2.45) is 5.92 Å². The quantitative estimate of drug-likeness (QED) is 0.435. The van der Waals surface area contributed by atoms with Gasteiger partial charge >= 0.3 is 0 Å². The Labute approximate surface area is 229 Å². The Morgan fingerprint density at radius 1 is 1.14 bits per heavy atom. The molecule has 6 rings (SSSR count). The molecule has 3 heterocycles. The molecular formula is C28H28BrClN2O5. The Morgan fingerprint density at radius 3 is 2.51 bits per heavy atom. The monoisotopic (exact) mass is 586 g/mol. The lowest BCUT2D eigenvalue weighted by atomic mass is 9.71. The number of pyridine rings is 1. The number of benzene rings is 2. The second-order valence-corrected chi connectivity index (χ2v) is 11.2. The molecule has 1 aliphatic carbocycles. The third kappa shape index (κ3) is 3.72. The zero-order valence-electron chi connectivity index (χ0n) is 20.3. The Balaban J connectivity index is 1.62. The van der Waals surface area contributed by atoms with E-state index in [-0.39, 0.29) is 17.0 Å². The number of nitrogens with zero attached hydrogens (tertiary/aromatic N) is 2. The van der Waals surface area contributed by atoms with Crippen LogP contribution in [0.3, 0.4) is 0 Å². The maximum absolute atomic E-state index is 12.9. The third-order valence-corrected chi connectivity index (χ3v) is 8.76. The molecule has 2 aliphatic heterocycles. The lowest BCUT2D eigenvalue weighted by Gasteiger charge is -2.41. The van der Waals surface area contributed by atoms with E-state index in [0.717, 1.165) is 28.7 Å². The van der Waals surface area contributed by atoms with Crippen LogP contribution in [0.25, 0.3) is 0 Å². The van der Waals surface area contributed by atoms with Crippen molar-refractivity contribution in [3.8, 4) is 11.6 Å². The molecule has 5 unspecified atom stereocenters. The molecule has 37 heavy (non-hydrogen) atoms. The maximum atomic E-state index is 12.9. The Bertz CT molecular complexity index is 1290. The predicted octanol–water partition coefficient (Wildman–Crippen LogP) is 4.09. The Hall–Kier alpha value is -2.20. The molecule has 194 valence electrons.